The Bertz CT molecular complexity index is 601. The maximum atomic E-state index is 12.1. The molecule has 0 spiro atoms. The number of aliphatic carboxylic acids is 1. The molecule has 0 saturated heterocycles. The monoisotopic (exact) mass is 311 g/mol. The number of halogens is 1. The summed E-state index contributed by atoms with van der Waals surface area (Å²) in [5.41, 5.74) is 0.241. The van der Waals surface area contributed by atoms with Crippen LogP contribution in [0.25, 0.3) is 0 Å². The lowest BCUT2D eigenvalue weighted by atomic mass is 10.0. The van der Waals surface area contributed by atoms with E-state index in [1.165, 1.54) is 18.2 Å². The fourth-order valence-electron chi connectivity index (χ4n) is 2.46. The molecule has 1 aliphatic rings. The third-order valence-electron chi connectivity index (χ3n) is 3.62. The molecule has 6 nitrogen and oxygen atoms in total. The highest BCUT2D eigenvalue weighted by atomic mass is 35.5. The number of carbonyl (C=O) groups is 3. The Hall–Kier alpha value is -2.08. The predicted molar refractivity (Wildman–Crippen MR) is 75.5 cm³/mol. The molecule has 7 heteroatoms. The number of benzene rings is 1. The van der Waals surface area contributed by atoms with E-state index in [2.05, 4.69) is 5.32 Å². The second-order valence-electron chi connectivity index (χ2n) is 5.03. The van der Waals surface area contributed by atoms with Gasteiger partial charge in [-0.05, 0) is 37.5 Å². The molecule has 0 heterocycles. The Labute approximate surface area is 125 Å². The quantitative estimate of drug-likeness (QED) is 0.792. The zero-order chi connectivity index (χ0) is 15.6. The van der Waals surface area contributed by atoms with Gasteiger partial charge >= 0.3 is 11.9 Å². The Balaban J connectivity index is 2.05. The van der Waals surface area contributed by atoms with Gasteiger partial charge in [-0.2, -0.15) is 0 Å². The summed E-state index contributed by atoms with van der Waals surface area (Å²) in [6.07, 6.45) is 1.30. The van der Waals surface area contributed by atoms with Gasteiger partial charge in [-0.25, -0.2) is 4.79 Å². The van der Waals surface area contributed by atoms with E-state index in [0.717, 1.165) is 0 Å². The van der Waals surface area contributed by atoms with Crippen molar-refractivity contribution in [3.63, 3.8) is 0 Å². The highest BCUT2D eigenvalue weighted by molar-refractivity contribution is 6.33. The summed E-state index contributed by atoms with van der Waals surface area (Å²) < 4.78 is 0. The molecule has 0 aromatic heterocycles. The average molecular weight is 312 g/mol. The predicted octanol–water partition coefficient (Wildman–Crippen LogP) is 2.48. The number of hydrogen-bond acceptors (Lipinski definition) is 3. The van der Waals surface area contributed by atoms with Gasteiger partial charge in [0.15, 0.2) is 0 Å². The highest BCUT2D eigenvalue weighted by Crippen LogP contribution is 2.32. The van der Waals surface area contributed by atoms with E-state index in [4.69, 9.17) is 21.8 Å². The standard InChI is InChI=1S/C14H14ClNO5/c15-11-4-3-9(6-10(11)14(20)21)16-12(17)7-1-2-8(5-7)13(18)19/h3-4,6-8H,1-2,5H2,(H,16,17)(H,18,19)(H,20,21). The summed E-state index contributed by atoms with van der Waals surface area (Å²) in [5.74, 6) is -3.21. The van der Waals surface area contributed by atoms with Crippen molar-refractivity contribution in [3.8, 4) is 0 Å². The lowest BCUT2D eigenvalue weighted by molar-refractivity contribution is -0.141. The number of aromatic carboxylic acids is 1. The maximum absolute atomic E-state index is 12.1. The van der Waals surface area contributed by atoms with E-state index in [0.29, 0.717) is 24.9 Å². The molecule has 21 heavy (non-hydrogen) atoms. The van der Waals surface area contributed by atoms with Crippen molar-refractivity contribution in [2.45, 2.75) is 19.3 Å². The molecule has 2 unspecified atom stereocenters. The van der Waals surface area contributed by atoms with Crippen LogP contribution in [0.5, 0.6) is 0 Å². The molecule has 1 amide bonds. The summed E-state index contributed by atoms with van der Waals surface area (Å²) >= 11 is 5.75. The Kier molecular flexibility index (Phi) is 4.47. The first kappa shape index (κ1) is 15.3. The Morgan fingerprint density at radius 3 is 2.38 bits per heavy atom. The number of amides is 1. The molecule has 2 rings (SSSR count). The normalized spacial score (nSPS) is 21.0. The molecule has 0 aliphatic heterocycles. The highest BCUT2D eigenvalue weighted by Gasteiger charge is 2.33. The van der Waals surface area contributed by atoms with Gasteiger partial charge in [0.05, 0.1) is 16.5 Å². The van der Waals surface area contributed by atoms with Crippen molar-refractivity contribution in [1.82, 2.24) is 0 Å². The van der Waals surface area contributed by atoms with Crippen molar-refractivity contribution < 1.29 is 24.6 Å². The van der Waals surface area contributed by atoms with E-state index in [1.807, 2.05) is 0 Å². The maximum Gasteiger partial charge on any atom is 0.337 e. The molecule has 1 aromatic carbocycles. The molecule has 1 saturated carbocycles. The SMILES string of the molecule is O=C(O)c1cc(NC(=O)C2CCC(C(=O)O)C2)ccc1Cl. The van der Waals surface area contributed by atoms with Crippen LogP contribution in [0.3, 0.4) is 0 Å². The van der Waals surface area contributed by atoms with Crippen LogP contribution in [0.15, 0.2) is 18.2 Å². The third-order valence-corrected chi connectivity index (χ3v) is 3.95. The number of anilines is 1. The van der Waals surface area contributed by atoms with E-state index in [9.17, 15) is 14.4 Å². The average Bonchev–Trinajstić information content (AvgIpc) is 2.90. The number of rotatable bonds is 4. The second-order valence-corrected chi connectivity index (χ2v) is 5.44. The molecular weight excluding hydrogens is 298 g/mol. The molecule has 3 N–H and O–H groups in total. The molecule has 1 aliphatic carbocycles. The van der Waals surface area contributed by atoms with Crippen molar-refractivity contribution in [1.29, 1.82) is 0 Å². The van der Waals surface area contributed by atoms with E-state index >= 15 is 0 Å². The summed E-state index contributed by atoms with van der Waals surface area (Å²) in [6, 6.07) is 4.19. The van der Waals surface area contributed by atoms with Crippen LogP contribution in [0.1, 0.15) is 29.6 Å². The summed E-state index contributed by atoms with van der Waals surface area (Å²) in [5, 5.41) is 20.6. The van der Waals surface area contributed by atoms with E-state index in [-0.39, 0.29) is 22.4 Å². The van der Waals surface area contributed by atoms with Gasteiger partial charge in [-0.3, -0.25) is 9.59 Å². The van der Waals surface area contributed by atoms with Crippen molar-refractivity contribution >= 4 is 35.1 Å². The fourth-order valence-corrected chi connectivity index (χ4v) is 2.65. The Morgan fingerprint density at radius 1 is 1.14 bits per heavy atom. The number of hydrogen-bond donors (Lipinski definition) is 3. The first-order valence-electron chi connectivity index (χ1n) is 6.45. The van der Waals surface area contributed by atoms with Crippen LogP contribution in [0, 0.1) is 11.8 Å². The zero-order valence-electron chi connectivity index (χ0n) is 11.0. The minimum atomic E-state index is -1.18. The van der Waals surface area contributed by atoms with Gasteiger partial charge in [0.25, 0.3) is 0 Å². The molecule has 1 fully saturated rings. The smallest absolute Gasteiger partial charge is 0.337 e. The summed E-state index contributed by atoms with van der Waals surface area (Å²) in [6.45, 7) is 0. The summed E-state index contributed by atoms with van der Waals surface area (Å²) in [4.78, 5) is 33.9. The van der Waals surface area contributed by atoms with Gasteiger partial charge in [0.2, 0.25) is 5.91 Å². The number of carboxylic acids is 2. The topological polar surface area (TPSA) is 104 Å². The lowest BCUT2D eigenvalue weighted by Crippen LogP contribution is -2.21. The van der Waals surface area contributed by atoms with Crippen LogP contribution in [0.4, 0.5) is 5.69 Å². The molecular formula is C14H14ClNO5. The number of carbonyl (C=O) groups excluding carboxylic acids is 1. The van der Waals surface area contributed by atoms with Crippen LogP contribution >= 0.6 is 11.6 Å². The van der Waals surface area contributed by atoms with E-state index < -0.39 is 17.9 Å². The molecule has 2 atom stereocenters. The van der Waals surface area contributed by atoms with E-state index in [1.54, 1.807) is 0 Å². The Morgan fingerprint density at radius 2 is 1.81 bits per heavy atom. The van der Waals surface area contributed by atoms with Crippen molar-refractivity contribution in [2.75, 3.05) is 5.32 Å². The van der Waals surface area contributed by atoms with Crippen molar-refractivity contribution in [2.24, 2.45) is 11.8 Å². The first-order chi connectivity index (χ1) is 9.88. The van der Waals surface area contributed by atoms with Gasteiger partial charge < -0.3 is 15.5 Å². The fraction of sp³-hybridized carbons (Fsp3) is 0.357. The lowest BCUT2D eigenvalue weighted by Gasteiger charge is -2.11. The van der Waals surface area contributed by atoms with Crippen LogP contribution < -0.4 is 5.32 Å². The van der Waals surface area contributed by atoms with Crippen LogP contribution in [-0.2, 0) is 9.59 Å². The molecule has 0 bridgehead atoms. The van der Waals surface area contributed by atoms with Crippen LogP contribution in [-0.4, -0.2) is 28.1 Å². The van der Waals surface area contributed by atoms with Gasteiger partial charge in [0.1, 0.15) is 0 Å². The summed E-state index contributed by atoms with van der Waals surface area (Å²) in [7, 11) is 0. The van der Waals surface area contributed by atoms with Crippen LogP contribution in [0.2, 0.25) is 5.02 Å². The molecule has 112 valence electrons. The first-order valence-corrected chi connectivity index (χ1v) is 6.82. The van der Waals surface area contributed by atoms with Gasteiger partial charge in [0, 0.05) is 11.6 Å². The van der Waals surface area contributed by atoms with Gasteiger partial charge in [-0.1, -0.05) is 11.6 Å². The zero-order valence-corrected chi connectivity index (χ0v) is 11.8. The minimum Gasteiger partial charge on any atom is -0.481 e. The molecule has 1 aromatic rings. The van der Waals surface area contributed by atoms with Gasteiger partial charge in [-0.15, -0.1) is 0 Å². The largest absolute Gasteiger partial charge is 0.481 e. The number of nitrogens with one attached hydrogen (secondary N) is 1. The third kappa shape index (κ3) is 3.52. The minimum absolute atomic E-state index is 0.0901. The number of carboxylic acid groups (broad SMARTS) is 2. The second kappa shape index (κ2) is 6.13. The van der Waals surface area contributed by atoms with Crippen molar-refractivity contribution in [3.05, 3.63) is 28.8 Å². The molecule has 0 radical (unpaired) electrons.